The molecular formula is C10H15F3N4S. The molecule has 0 atom stereocenters. The summed E-state index contributed by atoms with van der Waals surface area (Å²) in [5.41, 5.74) is 1.38. The van der Waals surface area contributed by atoms with Crippen molar-refractivity contribution in [1.29, 1.82) is 0 Å². The van der Waals surface area contributed by atoms with E-state index in [-0.39, 0.29) is 11.6 Å². The third kappa shape index (κ3) is 3.95. The fourth-order valence-electron chi connectivity index (χ4n) is 1.29. The van der Waals surface area contributed by atoms with Gasteiger partial charge in [-0.3, -0.25) is 0 Å². The number of anilines is 2. The molecule has 8 heteroatoms. The van der Waals surface area contributed by atoms with Crippen LogP contribution in [-0.2, 0) is 6.18 Å². The number of thioether (sulfide) groups is 1. The van der Waals surface area contributed by atoms with Gasteiger partial charge in [-0.15, -0.1) is 0 Å². The van der Waals surface area contributed by atoms with Crippen LogP contribution in [0.2, 0.25) is 0 Å². The van der Waals surface area contributed by atoms with Gasteiger partial charge >= 0.3 is 6.18 Å². The van der Waals surface area contributed by atoms with Crippen molar-refractivity contribution in [3.63, 3.8) is 0 Å². The molecule has 0 radical (unpaired) electrons. The summed E-state index contributed by atoms with van der Waals surface area (Å²) in [6.07, 6.45) is -2.48. The van der Waals surface area contributed by atoms with Crippen molar-refractivity contribution in [2.75, 3.05) is 35.9 Å². The van der Waals surface area contributed by atoms with Gasteiger partial charge in [-0.05, 0) is 18.4 Å². The first-order chi connectivity index (χ1) is 8.38. The molecule has 0 bridgehead atoms. The SMILES string of the molecule is CSCCN(C)c1cc(C(F)(F)F)cc(NN)n1. The van der Waals surface area contributed by atoms with Crippen molar-refractivity contribution in [2.45, 2.75) is 6.18 Å². The average Bonchev–Trinajstić information content (AvgIpc) is 2.34. The van der Waals surface area contributed by atoms with E-state index < -0.39 is 11.7 Å². The first-order valence-electron chi connectivity index (χ1n) is 5.14. The molecule has 3 N–H and O–H groups in total. The molecule has 102 valence electrons. The minimum absolute atomic E-state index is 0.00386. The predicted molar refractivity (Wildman–Crippen MR) is 68.7 cm³/mol. The Labute approximate surface area is 108 Å². The number of nitrogen functional groups attached to an aromatic ring is 1. The van der Waals surface area contributed by atoms with Crippen molar-refractivity contribution in [3.8, 4) is 0 Å². The highest BCUT2D eigenvalue weighted by Crippen LogP contribution is 2.32. The second kappa shape index (κ2) is 6.14. The van der Waals surface area contributed by atoms with Crippen LogP contribution in [0.25, 0.3) is 0 Å². The molecule has 0 fully saturated rings. The van der Waals surface area contributed by atoms with Crippen LogP contribution in [0, 0.1) is 0 Å². The summed E-state index contributed by atoms with van der Waals surface area (Å²) >= 11 is 1.61. The lowest BCUT2D eigenvalue weighted by molar-refractivity contribution is -0.137. The minimum Gasteiger partial charge on any atom is -0.359 e. The van der Waals surface area contributed by atoms with E-state index >= 15 is 0 Å². The van der Waals surface area contributed by atoms with Gasteiger partial charge in [0.05, 0.1) is 5.56 Å². The number of nitrogens with one attached hydrogen (secondary N) is 1. The van der Waals surface area contributed by atoms with Crippen LogP contribution in [0.1, 0.15) is 5.56 Å². The van der Waals surface area contributed by atoms with Crippen molar-refractivity contribution in [1.82, 2.24) is 4.98 Å². The Morgan fingerprint density at radius 2 is 2.11 bits per heavy atom. The Kier molecular flexibility index (Phi) is 5.09. The molecule has 0 saturated carbocycles. The Bertz CT molecular complexity index is 397. The highest BCUT2D eigenvalue weighted by molar-refractivity contribution is 7.98. The summed E-state index contributed by atoms with van der Waals surface area (Å²) in [6.45, 7) is 0.611. The quantitative estimate of drug-likeness (QED) is 0.639. The number of hydrogen-bond donors (Lipinski definition) is 2. The fraction of sp³-hybridized carbons (Fsp3) is 0.500. The van der Waals surface area contributed by atoms with Gasteiger partial charge < -0.3 is 10.3 Å². The minimum atomic E-state index is -4.41. The summed E-state index contributed by atoms with van der Waals surface area (Å²) in [6, 6.07) is 1.90. The van der Waals surface area contributed by atoms with E-state index in [1.807, 2.05) is 6.26 Å². The number of alkyl halides is 3. The number of nitrogens with zero attached hydrogens (tertiary/aromatic N) is 2. The normalized spacial score (nSPS) is 11.4. The lowest BCUT2D eigenvalue weighted by atomic mass is 10.2. The van der Waals surface area contributed by atoms with Crippen LogP contribution in [0.5, 0.6) is 0 Å². The first kappa shape index (κ1) is 14.9. The van der Waals surface area contributed by atoms with Crippen LogP contribution in [0.4, 0.5) is 24.8 Å². The second-order valence-corrected chi connectivity index (χ2v) is 4.64. The van der Waals surface area contributed by atoms with E-state index in [4.69, 9.17) is 5.84 Å². The molecule has 0 amide bonds. The molecule has 0 aliphatic rings. The smallest absolute Gasteiger partial charge is 0.359 e. The first-order valence-corrected chi connectivity index (χ1v) is 6.54. The number of rotatable bonds is 5. The number of nitrogens with two attached hydrogens (primary N) is 1. The Hall–Kier alpha value is -1.15. The zero-order valence-electron chi connectivity index (χ0n) is 10.1. The predicted octanol–water partition coefficient (Wildman–Crippen LogP) is 2.19. The second-order valence-electron chi connectivity index (χ2n) is 3.66. The molecule has 0 aliphatic heterocycles. The van der Waals surface area contributed by atoms with Gasteiger partial charge in [0.1, 0.15) is 11.6 Å². The maximum absolute atomic E-state index is 12.7. The number of aromatic nitrogens is 1. The lowest BCUT2D eigenvalue weighted by Crippen LogP contribution is -2.23. The number of hydrazine groups is 1. The van der Waals surface area contributed by atoms with E-state index in [1.165, 1.54) is 0 Å². The molecule has 1 rings (SSSR count). The van der Waals surface area contributed by atoms with Gasteiger partial charge in [0.25, 0.3) is 0 Å². The maximum atomic E-state index is 12.7. The third-order valence-corrected chi connectivity index (χ3v) is 2.90. The summed E-state index contributed by atoms with van der Waals surface area (Å²) in [5.74, 6) is 6.17. The van der Waals surface area contributed by atoms with Crippen LogP contribution in [-0.4, -0.2) is 30.6 Å². The summed E-state index contributed by atoms with van der Waals surface area (Å²) < 4.78 is 38.0. The van der Waals surface area contributed by atoms with E-state index in [2.05, 4.69) is 10.4 Å². The number of pyridine rings is 1. The average molecular weight is 280 g/mol. The van der Waals surface area contributed by atoms with E-state index in [9.17, 15) is 13.2 Å². The van der Waals surface area contributed by atoms with Gasteiger partial charge in [-0.1, -0.05) is 0 Å². The highest BCUT2D eigenvalue weighted by Gasteiger charge is 2.32. The molecule has 0 aromatic carbocycles. The summed E-state index contributed by atoms with van der Waals surface area (Å²) in [7, 11) is 1.69. The van der Waals surface area contributed by atoms with Crippen LogP contribution < -0.4 is 16.2 Å². The van der Waals surface area contributed by atoms with Gasteiger partial charge in [0.15, 0.2) is 0 Å². The van der Waals surface area contributed by atoms with Gasteiger partial charge in [0.2, 0.25) is 0 Å². The fourth-order valence-corrected chi connectivity index (χ4v) is 1.75. The summed E-state index contributed by atoms with van der Waals surface area (Å²) in [4.78, 5) is 5.66. The highest BCUT2D eigenvalue weighted by atomic mass is 32.2. The van der Waals surface area contributed by atoms with Crippen LogP contribution >= 0.6 is 11.8 Å². The molecular weight excluding hydrogens is 265 g/mol. The zero-order chi connectivity index (χ0) is 13.8. The van der Waals surface area contributed by atoms with Gasteiger partial charge in [0, 0.05) is 19.3 Å². The van der Waals surface area contributed by atoms with Crippen molar-refractivity contribution < 1.29 is 13.2 Å². The van der Waals surface area contributed by atoms with Gasteiger partial charge in [-0.2, -0.15) is 24.9 Å². The molecule has 0 spiro atoms. The maximum Gasteiger partial charge on any atom is 0.416 e. The number of hydrogen-bond acceptors (Lipinski definition) is 5. The topological polar surface area (TPSA) is 54.2 Å². The van der Waals surface area contributed by atoms with Crippen LogP contribution in [0.3, 0.4) is 0 Å². The molecule has 0 aliphatic carbocycles. The molecule has 1 heterocycles. The molecule has 1 aromatic rings. The van der Waals surface area contributed by atoms with E-state index in [1.54, 1.807) is 23.7 Å². The van der Waals surface area contributed by atoms with Gasteiger partial charge in [-0.25, -0.2) is 10.8 Å². The van der Waals surface area contributed by atoms with Crippen LogP contribution in [0.15, 0.2) is 12.1 Å². The molecule has 18 heavy (non-hydrogen) atoms. The van der Waals surface area contributed by atoms with Crippen molar-refractivity contribution in [2.24, 2.45) is 5.84 Å². The van der Waals surface area contributed by atoms with Crippen molar-refractivity contribution >= 4 is 23.4 Å². The lowest BCUT2D eigenvalue weighted by Gasteiger charge is -2.20. The molecule has 1 aromatic heterocycles. The van der Waals surface area contributed by atoms with E-state index in [0.29, 0.717) is 6.54 Å². The monoisotopic (exact) mass is 280 g/mol. The van der Waals surface area contributed by atoms with E-state index in [0.717, 1.165) is 17.9 Å². The standard InChI is InChI=1S/C10H15F3N4S/c1-17(3-4-18-2)9-6-7(10(11,12)13)5-8(15-9)16-14/h5-6H,3-4,14H2,1-2H3,(H,15,16). The zero-order valence-corrected chi connectivity index (χ0v) is 10.9. The Morgan fingerprint density at radius 1 is 1.44 bits per heavy atom. The molecule has 0 unspecified atom stereocenters. The number of halogens is 3. The largest absolute Gasteiger partial charge is 0.416 e. The van der Waals surface area contributed by atoms with Crippen molar-refractivity contribution in [3.05, 3.63) is 17.7 Å². The molecule has 4 nitrogen and oxygen atoms in total. The molecule has 0 saturated heterocycles. The third-order valence-electron chi connectivity index (χ3n) is 2.31. The Morgan fingerprint density at radius 3 is 2.61 bits per heavy atom. The summed E-state index contributed by atoms with van der Waals surface area (Å²) in [5, 5.41) is 0. The Balaban J connectivity index is 3.04.